The van der Waals surface area contributed by atoms with Crippen LogP contribution in [-0.4, -0.2) is 29.8 Å². The van der Waals surface area contributed by atoms with Gasteiger partial charge < -0.3 is 10.1 Å². The van der Waals surface area contributed by atoms with Gasteiger partial charge in [-0.05, 0) is 26.7 Å². The molecule has 1 fully saturated rings. The molecule has 1 amide bonds. The molecule has 0 heterocycles. The van der Waals surface area contributed by atoms with E-state index in [0.717, 1.165) is 31.2 Å². The van der Waals surface area contributed by atoms with Gasteiger partial charge in [-0.2, -0.15) is 0 Å². The Morgan fingerprint density at radius 3 is 2.27 bits per heavy atom. The van der Waals surface area contributed by atoms with E-state index in [-0.39, 0.29) is 30.6 Å². The molecule has 0 saturated heterocycles. The number of amides is 1. The molecule has 1 aromatic rings. The number of benzene rings is 1. The molecule has 0 aromatic heterocycles. The average Bonchev–Trinajstić information content (AvgIpc) is 2.89. The Morgan fingerprint density at radius 1 is 1.04 bits per heavy atom. The number of rotatable bonds is 7. The SMILES string of the molecule is Cc1ccc(C(=O)CCC(=O)O[C@@H](C)C(=O)NC2CCCCCC2)cc1. The zero-order valence-electron chi connectivity index (χ0n) is 15.8. The first-order chi connectivity index (χ1) is 12.5. The first-order valence-electron chi connectivity index (χ1n) is 9.55. The lowest BCUT2D eigenvalue weighted by molar-refractivity contribution is -0.155. The zero-order valence-corrected chi connectivity index (χ0v) is 15.8. The third-order valence-corrected chi connectivity index (χ3v) is 4.81. The summed E-state index contributed by atoms with van der Waals surface area (Å²) in [6.45, 7) is 3.53. The standard InChI is InChI=1S/C21H29NO4/c1-15-9-11-17(12-10-15)19(23)13-14-20(24)26-16(2)21(25)22-18-7-5-3-4-6-8-18/h9-12,16,18H,3-8,13-14H2,1-2H3,(H,22,25)/t16-/m0/s1. The number of carbonyl (C=O) groups excluding carboxylic acids is 3. The second-order valence-electron chi connectivity index (χ2n) is 7.12. The predicted octanol–water partition coefficient (Wildman–Crippen LogP) is 3.73. The van der Waals surface area contributed by atoms with Crippen molar-refractivity contribution in [1.29, 1.82) is 0 Å². The van der Waals surface area contributed by atoms with Crippen LogP contribution < -0.4 is 5.32 Å². The number of hydrogen-bond donors (Lipinski definition) is 1. The van der Waals surface area contributed by atoms with E-state index in [1.54, 1.807) is 19.1 Å². The summed E-state index contributed by atoms with van der Waals surface area (Å²) < 4.78 is 5.19. The van der Waals surface area contributed by atoms with Crippen LogP contribution >= 0.6 is 0 Å². The smallest absolute Gasteiger partial charge is 0.307 e. The minimum absolute atomic E-state index is 0.0201. The highest BCUT2D eigenvalue weighted by Crippen LogP contribution is 2.17. The van der Waals surface area contributed by atoms with Crippen molar-refractivity contribution in [2.24, 2.45) is 0 Å². The van der Waals surface area contributed by atoms with E-state index in [4.69, 9.17) is 4.74 Å². The Morgan fingerprint density at radius 2 is 1.65 bits per heavy atom. The maximum absolute atomic E-state index is 12.2. The van der Waals surface area contributed by atoms with Crippen molar-refractivity contribution >= 4 is 17.7 Å². The molecule has 0 bridgehead atoms. The molecule has 0 unspecified atom stereocenters. The first-order valence-corrected chi connectivity index (χ1v) is 9.55. The molecule has 0 aliphatic heterocycles. The first kappa shape index (κ1) is 20.1. The molecule has 0 spiro atoms. The van der Waals surface area contributed by atoms with Crippen LogP contribution in [-0.2, 0) is 14.3 Å². The third-order valence-electron chi connectivity index (χ3n) is 4.81. The van der Waals surface area contributed by atoms with Crippen LogP contribution in [0.4, 0.5) is 0 Å². The van der Waals surface area contributed by atoms with E-state index in [0.29, 0.717) is 5.56 Å². The van der Waals surface area contributed by atoms with Crippen LogP contribution in [0, 0.1) is 6.92 Å². The molecule has 1 saturated carbocycles. The minimum atomic E-state index is -0.833. The summed E-state index contributed by atoms with van der Waals surface area (Å²) >= 11 is 0. The number of Topliss-reactive ketones (excluding diaryl/α,β-unsaturated/α-hetero) is 1. The number of ether oxygens (including phenoxy) is 1. The Kier molecular flexibility index (Phi) is 7.82. The minimum Gasteiger partial charge on any atom is -0.453 e. The molecule has 142 valence electrons. The van der Waals surface area contributed by atoms with Crippen molar-refractivity contribution in [3.05, 3.63) is 35.4 Å². The van der Waals surface area contributed by atoms with Gasteiger partial charge >= 0.3 is 5.97 Å². The molecule has 1 aromatic carbocycles. The van der Waals surface area contributed by atoms with Gasteiger partial charge in [-0.1, -0.05) is 55.5 Å². The molecule has 5 heteroatoms. The average molecular weight is 359 g/mol. The summed E-state index contributed by atoms with van der Waals surface area (Å²) in [7, 11) is 0. The van der Waals surface area contributed by atoms with Crippen molar-refractivity contribution in [2.75, 3.05) is 0 Å². The molecule has 1 aliphatic rings. The molecule has 0 radical (unpaired) electrons. The third kappa shape index (κ3) is 6.62. The van der Waals surface area contributed by atoms with Crippen LogP contribution in [0.2, 0.25) is 0 Å². The summed E-state index contributed by atoms with van der Waals surface area (Å²) in [4.78, 5) is 36.2. The lowest BCUT2D eigenvalue weighted by Gasteiger charge is -2.19. The van der Waals surface area contributed by atoms with Crippen LogP contribution in [0.15, 0.2) is 24.3 Å². The number of nitrogens with one attached hydrogen (secondary N) is 1. The van der Waals surface area contributed by atoms with E-state index in [1.165, 1.54) is 12.8 Å². The Hall–Kier alpha value is -2.17. The van der Waals surface area contributed by atoms with Crippen molar-refractivity contribution in [3.63, 3.8) is 0 Å². The van der Waals surface area contributed by atoms with E-state index < -0.39 is 12.1 Å². The molecule has 26 heavy (non-hydrogen) atoms. The largest absolute Gasteiger partial charge is 0.453 e. The molecular formula is C21H29NO4. The highest BCUT2D eigenvalue weighted by Gasteiger charge is 2.22. The van der Waals surface area contributed by atoms with Crippen molar-refractivity contribution < 1.29 is 19.1 Å². The number of esters is 1. The molecule has 1 atom stereocenters. The second kappa shape index (κ2) is 10.1. The van der Waals surface area contributed by atoms with Gasteiger partial charge in [-0.25, -0.2) is 0 Å². The fraction of sp³-hybridized carbons (Fsp3) is 0.571. The van der Waals surface area contributed by atoms with Crippen molar-refractivity contribution in [3.8, 4) is 0 Å². The summed E-state index contributed by atoms with van der Waals surface area (Å²) in [5, 5.41) is 2.98. The Labute approximate surface area is 155 Å². The van der Waals surface area contributed by atoms with E-state index >= 15 is 0 Å². The van der Waals surface area contributed by atoms with Crippen molar-refractivity contribution in [1.82, 2.24) is 5.32 Å². The normalized spacial score (nSPS) is 16.4. The van der Waals surface area contributed by atoms with Gasteiger partial charge in [0.1, 0.15) is 0 Å². The summed E-state index contributed by atoms with van der Waals surface area (Å²) in [5.74, 6) is -0.874. The van der Waals surface area contributed by atoms with Gasteiger partial charge in [0.2, 0.25) is 0 Å². The summed E-state index contributed by atoms with van der Waals surface area (Å²) in [6.07, 6.45) is 5.88. The highest BCUT2D eigenvalue weighted by atomic mass is 16.5. The quantitative estimate of drug-likeness (QED) is 0.457. The second-order valence-corrected chi connectivity index (χ2v) is 7.12. The lowest BCUT2D eigenvalue weighted by Crippen LogP contribution is -2.41. The molecule has 1 N–H and O–H groups in total. The predicted molar refractivity (Wildman–Crippen MR) is 99.9 cm³/mol. The van der Waals surface area contributed by atoms with Crippen molar-refractivity contribution in [2.45, 2.75) is 77.4 Å². The fourth-order valence-electron chi connectivity index (χ4n) is 3.15. The lowest BCUT2D eigenvalue weighted by atomic mass is 10.1. The summed E-state index contributed by atoms with van der Waals surface area (Å²) in [6, 6.07) is 7.42. The number of aryl methyl sites for hydroxylation is 1. The van der Waals surface area contributed by atoms with Crippen LogP contribution in [0.1, 0.15) is 74.2 Å². The van der Waals surface area contributed by atoms with Gasteiger partial charge in [0.15, 0.2) is 11.9 Å². The van der Waals surface area contributed by atoms with E-state index in [2.05, 4.69) is 5.32 Å². The van der Waals surface area contributed by atoms with E-state index in [1.807, 2.05) is 19.1 Å². The Balaban J connectivity index is 1.72. The fourth-order valence-corrected chi connectivity index (χ4v) is 3.15. The van der Waals surface area contributed by atoms with Gasteiger partial charge in [0.25, 0.3) is 5.91 Å². The highest BCUT2D eigenvalue weighted by molar-refractivity contribution is 5.97. The Bertz CT molecular complexity index is 615. The number of hydrogen-bond acceptors (Lipinski definition) is 4. The van der Waals surface area contributed by atoms with Gasteiger partial charge in [-0.3, -0.25) is 14.4 Å². The van der Waals surface area contributed by atoms with E-state index in [9.17, 15) is 14.4 Å². The van der Waals surface area contributed by atoms with Gasteiger partial charge in [-0.15, -0.1) is 0 Å². The van der Waals surface area contributed by atoms with Crippen LogP contribution in [0.3, 0.4) is 0 Å². The number of ketones is 1. The monoisotopic (exact) mass is 359 g/mol. The maximum atomic E-state index is 12.2. The molecule has 1 aliphatic carbocycles. The zero-order chi connectivity index (χ0) is 18.9. The van der Waals surface area contributed by atoms with Gasteiger partial charge in [0, 0.05) is 18.0 Å². The topological polar surface area (TPSA) is 72.5 Å². The van der Waals surface area contributed by atoms with Crippen LogP contribution in [0.25, 0.3) is 0 Å². The molecule has 5 nitrogen and oxygen atoms in total. The molecular weight excluding hydrogens is 330 g/mol. The number of carbonyl (C=O) groups is 3. The maximum Gasteiger partial charge on any atom is 0.307 e. The van der Waals surface area contributed by atoms with Crippen LogP contribution in [0.5, 0.6) is 0 Å². The molecule has 2 rings (SSSR count). The van der Waals surface area contributed by atoms with Gasteiger partial charge in [0.05, 0.1) is 6.42 Å². The summed E-state index contributed by atoms with van der Waals surface area (Å²) in [5.41, 5.74) is 1.66.